The zero-order chi connectivity index (χ0) is 12.7. The maximum Gasteiger partial charge on any atom is 0.0303 e. The van der Waals surface area contributed by atoms with Crippen LogP contribution in [0.5, 0.6) is 0 Å². The Hall–Kier alpha value is -0.380. The van der Waals surface area contributed by atoms with Gasteiger partial charge in [-0.25, -0.2) is 0 Å². The van der Waals surface area contributed by atoms with E-state index in [-0.39, 0.29) is 0 Å². The number of rotatable bonds is 4. The first-order chi connectivity index (χ1) is 8.63. The molecule has 1 aromatic rings. The lowest BCUT2D eigenvalue weighted by atomic mass is 10.2. The van der Waals surface area contributed by atoms with Gasteiger partial charge in [-0.2, -0.15) is 0 Å². The van der Waals surface area contributed by atoms with Crippen molar-refractivity contribution >= 4 is 11.3 Å². The largest absolute Gasteiger partial charge is 0.308 e. The molecular formula is C15H24N2S. The molecule has 18 heavy (non-hydrogen) atoms. The summed E-state index contributed by atoms with van der Waals surface area (Å²) in [6, 6.07) is 4.73. The van der Waals surface area contributed by atoms with Crippen molar-refractivity contribution in [2.24, 2.45) is 0 Å². The zero-order valence-electron chi connectivity index (χ0n) is 11.7. The molecule has 1 aliphatic carbocycles. The van der Waals surface area contributed by atoms with Gasteiger partial charge in [0.1, 0.15) is 0 Å². The first kappa shape index (κ1) is 12.6. The lowest BCUT2D eigenvalue weighted by molar-refractivity contribution is 0.255. The Bertz CT molecular complexity index is 403. The fraction of sp³-hybridized carbons (Fsp3) is 0.733. The highest BCUT2D eigenvalue weighted by atomic mass is 32.1. The summed E-state index contributed by atoms with van der Waals surface area (Å²) in [5, 5.41) is 3.75. The summed E-state index contributed by atoms with van der Waals surface area (Å²) in [5.41, 5.74) is 1.44. The van der Waals surface area contributed by atoms with E-state index >= 15 is 0 Å². The Morgan fingerprint density at radius 1 is 1.39 bits per heavy atom. The van der Waals surface area contributed by atoms with Crippen LogP contribution in [0.4, 0.5) is 0 Å². The van der Waals surface area contributed by atoms with Gasteiger partial charge in [0.2, 0.25) is 0 Å². The number of thiophene rings is 1. The van der Waals surface area contributed by atoms with E-state index in [9.17, 15) is 0 Å². The lowest BCUT2D eigenvalue weighted by Crippen LogP contribution is -2.33. The second-order valence-electron chi connectivity index (χ2n) is 6.04. The molecule has 0 bridgehead atoms. The van der Waals surface area contributed by atoms with E-state index in [4.69, 9.17) is 0 Å². The van der Waals surface area contributed by atoms with Gasteiger partial charge in [0, 0.05) is 41.0 Å². The number of nitrogens with zero attached hydrogens (tertiary/aromatic N) is 1. The molecule has 1 aromatic heterocycles. The Kier molecular flexibility index (Phi) is 3.48. The van der Waals surface area contributed by atoms with Gasteiger partial charge in [0.25, 0.3) is 0 Å². The zero-order valence-corrected chi connectivity index (χ0v) is 12.5. The van der Waals surface area contributed by atoms with Gasteiger partial charge in [-0.1, -0.05) is 0 Å². The molecule has 0 spiro atoms. The van der Waals surface area contributed by atoms with Crippen molar-refractivity contribution in [2.45, 2.75) is 64.7 Å². The van der Waals surface area contributed by atoms with Crippen LogP contribution in [0.2, 0.25) is 0 Å². The van der Waals surface area contributed by atoms with Crippen molar-refractivity contribution in [1.82, 2.24) is 10.2 Å². The van der Waals surface area contributed by atoms with Crippen molar-refractivity contribution in [3.63, 3.8) is 0 Å². The molecule has 2 atom stereocenters. The van der Waals surface area contributed by atoms with Gasteiger partial charge in [-0.3, -0.25) is 4.90 Å². The lowest BCUT2D eigenvalue weighted by Gasteiger charge is -2.19. The Labute approximate surface area is 114 Å². The number of nitrogens with one attached hydrogen (secondary N) is 1. The molecule has 2 aliphatic rings. The Morgan fingerprint density at radius 3 is 2.78 bits per heavy atom. The monoisotopic (exact) mass is 264 g/mol. The van der Waals surface area contributed by atoms with Gasteiger partial charge in [-0.05, 0) is 51.7 Å². The molecule has 3 heteroatoms. The number of aryl methyl sites for hydroxylation is 2. The van der Waals surface area contributed by atoms with Crippen LogP contribution in [0.1, 0.15) is 41.5 Å². The van der Waals surface area contributed by atoms with Crippen LogP contribution in [0.3, 0.4) is 0 Å². The van der Waals surface area contributed by atoms with E-state index in [1.807, 2.05) is 11.3 Å². The number of likely N-dealkylation sites (tertiary alicyclic amines) is 1. The molecule has 2 fully saturated rings. The fourth-order valence-electron chi connectivity index (χ4n) is 3.10. The minimum absolute atomic E-state index is 0.698. The molecule has 2 unspecified atom stereocenters. The summed E-state index contributed by atoms with van der Waals surface area (Å²) >= 11 is 1.94. The first-order valence-electron chi connectivity index (χ1n) is 7.18. The quantitative estimate of drug-likeness (QED) is 0.899. The van der Waals surface area contributed by atoms with Gasteiger partial charge < -0.3 is 5.32 Å². The van der Waals surface area contributed by atoms with Crippen LogP contribution >= 0.6 is 11.3 Å². The highest BCUT2D eigenvalue weighted by Crippen LogP contribution is 2.33. The van der Waals surface area contributed by atoms with Crippen molar-refractivity contribution < 1.29 is 0 Å². The predicted octanol–water partition coefficient (Wildman–Crippen LogP) is 3.08. The van der Waals surface area contributed by atoms with Gasteiger partial charge in [0.05, 0.1) is 0 Å². The number of hydrogen-bond acceptors (Lipinski definition) is 3. The minimum atomic E-state index is 0.698. The molecule has 1 aliphatic heterocycles. The van der Waals surface area contributed by atoms with E-state index in [2.05, 4.69) is 37.1 Å². The highest BCUT2D eigenvalue weighted by molar-refractivity contribution is 7.12. The average molecular weight is 264 g/mol. The predicted molar refractivity (Wildman–Crippen MR) is 78.2 cm³/mol. The summed E-state index contributed by atoms with van der Waals surface area (Å²) in [5.74, 6) is 0. The van der Waals surface area contributed by atoms with Crippen molar-refractivity contribution in [1.29, 1.82) is 0 Å². The third kappa shape index (κ3) is 2.63. The van der Waals surface area contributed by atoms with Crippen LogP contribution in [0, 0.1) is 13.8 Å². The normalized spacial score (nSPS) is 29.1. The topological polar surface area (TPSA) is 15.3 Å². The SMILES string of the molecule is Cc1cc(CNC2CC(C)N(C3CC3)C2)sc1C. The second-order valence-corrected chi connectivity index (χ2v) is 7.38. The summed E-state index contributed by atoms with van der Waals surface area (Å²) in [7, 11) is 0. The van der Waals surface area contributed by atoms with Crippen LogP contribution in [-0.4, -0.2) is 29.6 Å². The molecule has 0 amide bonds. The molecule has 0 aromatic carbocycles. The third-order valence-electron chi connectivity index (χ3n) is 4.42. The van der Waals surface area contributed by atoms with E-state index in [1.54, 1.807) is 0 Å². The first-order valence-corrected chi connectivity index (χ1v) is 8.00. The van der Waals surface area contributed by atoms with Crippen LogP contribution in [-0.2, 0) is 6.54 Å². The molecule has 1 N–H and O–H groups in total. The van der Waals surface area contributed by atoms with Crippen molar-refractivity contribution in [3.8, 4) is 0 Å². The maximum absolute atomic E-state index is 3.75. The molecule has 2 heterocycles. The Balaban J connectivity index is 1.51. The molecule has 2 nitrogen and oxygen atoms in total. The molecule has 1 saturated carbocycles. The van der Waals surface area contributed by atoms with E-state index in [0.717, 1.165) is 18.6 Å². The molecular weight excluding hydrogens is 240 g/mol. The Morgan fingerprint density at radius 2 is 2.17 bits per heavy atom. The van der Waals surface area contributed by atoms with Crippen molar-refractivity contribution in [2.75, 3.05) is 6.54 Å². The average Bonchev–Trinajstić information content (AvgIpc) is 3.03. The summed E-state index contributed by atoms with van der Waals surface area (Å²) in [4.78, 5) is 5.66. The van der Waals surface area contributed by atoms with Crippen LogP contribution < -0.4 is 5.32 Å². The smallest absolute Gasteiger partial charge is 0.0303 e. The summed E-state index contributed by atoms with van der Waals surface area (Å²) in [6.45, 7) is 9.13. The molecule has 100 valence electrons. The highest BCUT2D eigenvalue weighted by Gasteiger charge is 2.38. The van der Waals surface area contributed by atoms with Gasteiger partial charge in [0.15, 0.2) is 0 Å². The van der Waals surface area contributed by atoms with Crippen LogP contribution in [0.15, 0.2) is 6.07 Å². The van der Waals surface area contributed by atoms with Crippen molar-refractivity contribution in [3.05, 3.63) is 21.4 Å². The van der Waals surface area contributed by atoms with E-state index in [1.165, 1.54) is 41.1 Å². The number of hydrogen-bond donors (Lipinski definition) is 1. The van der Waals surface area contributed by atoms with E-state index in [0.29, 0.717) is 6.04 Å². The second kappa shape index (κ2) is 4.95. The minimum Gasteiger partial charge on any atom is -0.308 e. The van der Waals surface area contributed by atoms with Gasteiger partial charge in [-0.15, -0.1) is 11.3 Å². The molecule has 1 saturated heterocycles. The summed E-state index contributed by atoms with van der Waals surface area (Å²) in [6.07, 6.45) is 4.18. The van der Waals surface area contributed by atoms with E-state index < -0.39 is 0 Å². The molecule has 3 rings (SSSR count). The fourth-order valence-corrected chi connectivity index (χ4v) is 4.11. The van der Waals surface area contributed by atoms with Crippen LogP contribution in [0.25, 0.3) is 0 Å². The summed E-state index contributed by atoms with van der Waals surface area (Å²) < 4.78 is 0. The van der Waals surface area contributed by atoms with Gasteiger partial charge >= 0.3 is 0 Å². The standard InChI is InChI=1S/C15H24N2S/c1-10-6-15(18-12(10)3)8-16-13-7-11(2)17(9-13)14-4-5-14/h6,11,13-14,16H,4-5,7-9H2,1-3H3. The maximum atomic E-state index is 3.75. The third-order valence-corrected chi connectivity index (χ3v) is 5.57. The molecule has 0 radical (unpaired) electrons.